The molecule has 0 aliphatic heterocycles. The molecule has 0 fully saturated rings. The van der Waals surface area contributed by atoms with Crippen LogP contribution in [0.1, 0.15) is 24.0 Å². The highest BCUT2D eigenvalue weighted by Gasteiger charge is 2.42. The van der Waals surface area contributed by atoms with Gasteiger partial charge < -0.3 is 14.9 Å². The Hall–Kier alpha value is -1.39. The van der Waals surface area contributed by atoms with Crippen LogP contribution in [-0.2, 0) is 22.4 Å². The molecule has 1 aliphatic carbocycles. The molecule has 1 aliphatic rings. The molecule has 0 radical (unpaired) electrons. The van der Waals surface area contributed by atoms with Crippen molar-refractivity contribution in [1.29, 1.82) is 0 Å². The Labute approximate surface area is 113 Å². The van der Waals surface area contributed by atoms with E-state index in [-0.39, 0.29) is 13.0 Å². The summed E-state index contributed by atoms with van der Waals surface area (Å²) in [5, 5.41) is 19.5. The van der Waals surface area contributed by atoms with Gasteiger partial charge in [0.2, 0.25) is 0 Å². The van der Waals surface area contributed by atoms with Crippen molar-refractivity contribution in [2.24, 2.45) is 5.41 Å². The van der Waals surface area contributed by atoms with Crippen molar-refractivity contribution in [3.63, 3.8) is 0 Å². The second-order valence-corrected chi connectivity index (χ2v) is 5.34. The molecule has 104 valence electrons. The van der Waals surface area contributed by atoms with Crippen molar-refractivity contribution < 1.29 is 19.7 Å². The summed E-state index contributed by atoms with van der Waals surface area (Å²) < 4.78 is 4.90. The number of aliphatic carboxylic acids is 1. The van der Waals surface area contributed by atoms with E-state index in [2.05, 4.69) is 0 Å². The number of rotatable bonds is 5. The number of carboxylic acids is 1. The number of carbonyl (C=O) groups is 1. The topological polar surface area (TPSA) is 66.8 Å². The smallest absolute Gasteiger partial charge is 0.310 e. The predicted molar refractivity (Wildman–Crippen MR) is 71.0 cm³/mol. The fourth-order valence-corrected chi connectivity index (χ4v) is 2.95. The minimum absolute atomic E-state index is 0.177. The van der Waals surface area contributed by atoms with Gasteiger partial charge in [0.05, 0.1) is 18.1 Å². The molecule has 0 spiro atoms. The van der Waals surface area contributed by atoms with E-state index in [1.807, 2.05) is 24.3 Å². The lowest BCUT2D eigenvalue weighted by atomic mass is 9.68. The zero-order chi connectivity index (χ0) is 13.9. The van der Waals surface area contributed by atoms with Crippen LogP contribution in [0.15, 0.2) is 24.3 Å². The standard InChI is InChI=1S/C15H20O4/c1-19-10-13(16)9-15(14(17)18)7-6-11-4-2-3-5-12(11)8-15/h2-5,13,16H,6-10H2,1H3,(H,17,18). The summed E-state index contributed by atoms with van der Waals surface area (Å²) in [5.74, 6) is -0.822. The number of aliphatic hydroxyl groups is 1. The molecule has 0 heterocycles. The molecule has 2 unspecified atom stereocenters. The van der Waals surface area contributed by atoms with Gasteiger partial charge in [-0.3, -0.25) is 4.79 Å². The molecular weight excluding hydrogens is 244 g/mol. The number of aryl methyl sites for hydroxylation is 1. The maximum Gasteiger partial charge on any atom is 0.310 e. The highest BCUT2D eigenvalue weighted by molar-refractivity contribution is 5.75. The van der Waals surface area contributed by atoms with Gasteiger partial charge in [-0.15, -0.1) is 0 Å². The highest BCUT2D eigenvalue weighted by atomic mass is 16.5. The number of ether oxygens (including phenoxy) is 1. The fourth-order valence-electron chi connectivity index (χ4n) is 2.95. The third-order valence-electron chi connectivity index (χ3n) is 3.96. The van der Waals surface area contributed by atoms with Crippen LogP contribution in [0.25, 0.3) is 0 Å². The van der Waals surface area contributed by atoms with E-state index in [1.165, 1.54) is 12.7 Å². The van der Waals surface area contributed by atoms with E-state index < -0.39 is 17.5 Å². The second-order valence-electron chi connectivity index (χ2n) is 5.34. The normalized spacial score (nSPS) is 23.7. The summed E-state index contributed by atoms with van der Waals surface area (Å²) in [7, 11) is 1.51. The molecule has 0 saturated carbocycles. The zero-order valence-electron chi connectivity index (χ0n) is 11.1. The van der Waals surface area contributed by atoms with Gasteiger partial charge in [-0.2, -0.15) is 0 Å². The molecule has 2 atom stereocenters. The maximum absolute atomic E-state index is 11.7. The maximum atomic E-state index is 11.7. The lowest BCUT2D eigenvalue weighted by Crippen LogP contribution is -2.40. The van der Waals surface area contributed by atoms with E-state index in [0.29, 0.717) is 12.8 Å². The van der Waals surface area contributed by atoms with Gasteiger partial charge in [-0.1, -0.05) is 24.3 Å². The van der Waals surface area contributed by atoms with Crippen molar-refractivity contribution in [1.82, 2.24) is 0 Å². The molecular formula is C15H20O4. The Bertz CT molecular complexity index is 457. The molecule has 0 aromatic heterocycles. The number of methoxy groups -OCH3 is 1. The molecule has 4 nitrogen and oxygen atoms in total. The summed E-state index contributed by atoms with van der Waals surface area (Å²) in [6, 6.07) is 7.94. The van der Waals surface area contributed by atoms with Gasteiger partial charge >= 0.3 is 5.97 Å². The van der Waals surface area contributed by atoms with Crippen LogP contribution < -0.4 is 0 Å². The van der Waals surface area contributed by atoms with Crippen LogP contribution in [0.3, 0.4) is 0 Å². The second kappa shape index (κ2) is 5.72. The number of hydrogen-bond acceptors (Lipinski definition) is 3. The summed E-state index contributed by atoms with van der Waals surface area (Å²) in [5.41, 5.74) is 1.44. The molecule has 2 rings (SSSR count). The van der Waals surface area contributed by atoms with Gasteiger partial charge in [-0.25, -0.2) is 0 Å². The average Bonchev–Trinajstić information content (AvgIpc) is 2.38. The molecule has 1 aromatic rings. The predicted octanol–water partition coefficient (Wildman–Crippen LogP) is 1.64. The van der Waals surface area contributed by atoms with Crippen molar-refractivity contribution >= 4 is 5.97 Å². The number of aliphatic hydroxyl groups excluding tert-OH is 1. The van der Waals surface area contributed by atoms with Crippen molar-refractivity contribution in [2.45, 2.75) is 31.8 Å². The molecule has 2 N–H and O–H groups in total. The zero-order valence-corrected chi connectivity index (χ0v) is 11.1. The summed E-state index contributed by atoms with van der Waals surface area (Å²) in [6.07, 6.45) is 1.32. The SMILES string of the molecule is COCC(O)CC1(C(=O)O)CCc2ccccc2C1. The van der Waals surface area contributed by atoms with Crippen LogP contribution in [0, 0.1) is 5.41 Å². The van der Waals surface area contributed by atoms with Gasteiger partial charge in [-0.05, 0) is 36.8 Å². The monoisotopic (exact) mass is 264 g/mol. The van der Waals surface area contributed by atoms with Crippen molar-refractivity contribution in [2.75, 3.05) is 13.7 Å². The van der Waals surface area contributed by atoms with Crippen LogP contribution in [-0.4, -0.2) is 36.0 Å². The van der Waals surface area contributed by atoms with Crippen LogP contribution in [0.4, 0.5) is 0 Å². The molecule has 0 bridgehead atoms. The van der Waals surface area contributed by atoms with Gasteiger partial charge in [0.15, 0.2) is 0 Å². The quantitative estimate of drug-likeness (QED) is 0.848. The Morgan fingerprint density at radius 1 is 1.42 bits per heavy atom. The molecule has 0 saturated heterocycles. The fraction of sp³-hybridized carbons (Fsp3) is 0.533. The Morgan fingerprint density at radius 3 is 2.74 bits per heavy atom. The first-order chi connectivity index (χ1) is 9.07. The Balaban J connectivity index is 2.21. The number of carboxylic acid groups (broad SMARTS) is 1. The van der Waals surface area contributed by atoms with Crippen LogP contribution in [0.5, 0.6) is 0 Å². The van der Waals surface area contributed by atoms with Crippen LogP contribution in [0.2, 0.25) is 0 Å². The van der Waals surface area contributed by atoms with E-state index in [1.54, 1.807) is 0 Å². The van der Waals surface area contributed by atoms with Gasteiger partial charge in [0.1, 0.15) is 0 Å². The van der Waals surface area contributed by atoms with E-state index in [9.17, 15) is 15.0 Å². The summed E-state index contributed by atoms with van der Waals surface area (Å²) >= 11 is 0. The summed E-state index contributed by atoms with van der Waals surface area (Å²) in [4.78, 5) is 11.7. The first-order valence-corrected chi connectivity index (χ1v) is 6.54. The lowest BCUT2D eigenvalue weighted by molar-refractivity contribution is -0.152. The minimum atomic E-state index is -0.869. The molecule has 0 amide bonds. The lowest BCUT2D eigenvalue weighted by Gasteiger charge is -2.35. The first-order valence-electron chi connectivity index (χ1n) is 6.54. The van der Waals surface area contributed by atoms with E-state index in [0.717, 1.165) is 12.0 Å². The minimum Gasteiger partial charge on any atom is -0.481 e. The first kappa shape index (κ1) is 14.0. The Kier molecular flexibility index (Phi) is 4.22. The van der Waals surface area contributed by atoms with Crippen LogP contribution >= 0.6 is 0 Å². The summed E-state index contributed by atoms with van der Waals surface area (Å²) in [6.45, 7) is 0.177. The largest absolute Gasteiger partial charge is 0.481 e. The third kappa shape index (κ3) is 2.96. The van der Waals surface area contributed by atoms with Crippen molar-refractivity contribution in [3.05, 3.63) is 35.4 Å². The van der Waals surface area contributed by atoms with Gasteiger partial charge in [0, 0.05) is 7.11 Å². The van der Waals surface area contributed by atoms with Gasteiger partial charge in [0.25, 0.3) is 0 Å². The number of benzene rings is 1. The molecule has 19 heavy (non-hydrogen) atoms. The third-order valence-corrected chi connectivity index (χ3v) is 3.96. The number of fused-ring (bicyclic) bond motifs is 1. The Morgan fingerprint density at radius 2 is 2.11 bits per heavy atom. The molecule has 1 aromatic carbocycles. The van der Waals surface area contributed by atoms with E-state index in [4.69, 9.17) is 4.74 Å². The van der Waals surface area contributed by atoms with Crippen molar-refractivity contribution in [3.8, 4) is 0 Å². The molecule has 4 heteroatoms. The average molecular weight is 264 g/mol. The highest BCUT2D eigenvalue weighted by Crippen LogP contribution is 2.39. The van der Waals surface area contributed by atoms with E-state index >= 15 is 0 Å². The number of hydrogen-bond donors (Lipinski definition) is 2.